The van der Waals surface area contributed by atoms with Crippen molar-refractivity contribution in [3.05, 3.63) is 69.2 Å². The number of ether oxygens (including phenoxy) is 1. The molecule has 106 valence electrons. The average molecular weight is 392 g/mol. The van der Waals surface area contributed by atoms with Gasteiger partial charge in [0.15, 0.2) is 0 Å². The molecule has 3 aromatic rings. The first-order valence-electron chi connectivity index (χ1n) is 6.49. The molecular formula is C16H13IN2O2. The van der Waals surface area contributed by atoms with Crippen molar-refractivity contribution < 1.29 is 9.53 Å². The average Bonchev–Trinajstić information content (AvgIpc) is 2.90. The van der Waals surface area contributed by atoms with Crippen LogP contribution < -0.4 is 0 Å². The van der Waals surface area contributed by atoms with Crippen LogP contribution in [0.15, 0.2) is 48.8 Å². The number of aryl methyl sites for hydroxylation is 1. The Morgan fingerprint density at radius 1 is 1.29 bits per heavy atom. The molecule has 0 aliphatic carbocycles. The molecule has 0 atom stereocenters. The second-order valence-electron chi connectivity index (χ2n) is 4.74. The van der Waals surface area contributed by atoms with Crippen LogP contribution >= 0.6 is 22.6 Å². The van der Waals surface area contributed by atoms with E-state index in [1.807, 2.05) is 48.0 Å². The summed E-state index contributed by atoms with van der Waals surface area (Å²) < 4.78 is 8.32. The number of aromatic nitrogens is 2. The number of fused-ring (bicyclic) bond motifs is 1. The van der Waals surface area contributed by atoms with Gasteiger partial charge in [0.05, 0.1) is 11.3 Å². The third kappa shape index (κ3) is 3.07. The second-order valence-corrected chi connectivity index (χ2v) is 5.98. The van der Waals surface area contributed by atoms with Crippen LogP contribution in [0, 0.1) is 10.5 Å². The highest BCUT2D eigenvalue weighted by molar-refractivity contribution is 14.1. The van der Waals surface area contributed by atoms with Gasteiger partial charge >= 0.3 is 5.97 Å². The molecule has 2 heterocycles. The van der Waals surface area contributed by atoms with E-state index in [9.17, 15) is 4.79 Å². The van der Waals surface area contributed by atoms with Crippen LogP contribution in [-0.4, -0.2) is 15.4 Å². The molecular weight excluding hydrogens is 379 g/mol. The number of rotatable bonds is 3. The van der Waals surface area contributed by atoms with Gasteiger partial charge in [-0.25, -0.2) is 9.78 Å². The van der Waals surface area contributed by atoms with Gasteiger partial charge in [-0.1, -0.05) is 6.07 Å². The summed E-state index contributed by atoms with van der Waals surface area (Å²) in [7, 11) is 0. The number of pyridine rings is 1. The molecule has 0 aliphatic heterocycles. The fourth-order valence-corrected chi connectivity index (χ4v) is 2.44. The summed E-state index contributed by atoms with van der Waals surface area (Å²) in [4.78, 5) is 16.4. The van der Waals surface area contributed by atoms with E-state index in [1.54, 1.807) is 12.1 Å². The molecule has 0 radical (unpaired) electrons. The first-order valence-corrected chi connectivity index (χ1v) is 7.57. The smallest absolute Gasteiger partial charge is 0.338 e. The van der Waals surface area contributed by atoms with Crippen LogP contribution in [0.25, 0.3) is 5.65 Å². The summed E-state index contributed by atoms with van der Waals surface area (Å²) in [5, 5.41) is 0. The zero-order valence-corrected chi connectivity index (χ0v) is 13.6. The minimum Gasteiger partial charge on any atom is -0.456 e. The second kappa shape index (κ2) is 5.85. The Kier molecular flexibility index (Phi) is 3.92. The fraction of sp³-hybridized carbons (Fsp3) is 0.125. The molecule has 0 spiro atoms. The molecule has 1 aromatic carbocycles. The van der Waals surface area contributed by atoms with Crippen molar-refractivity contribution in [2.45, 2.75) is 13.5 Å². The molecule has 21 heavy (non-hydrogen) atoms. The Hall–Kier alpha value is -1.89. The molecule has 0 unspecified atom stereocenters. The Morgan fingerprint density at radius 2 is 2.05 bits per heavy atom. The van der Waals surface area contributed by atoms with Gasteiger partial charge in [-0.3, -0.25) is 0 Å². The Bertz CT molecular complexity index is 794. The molecule has 0 saturated heterocycles. The maximum Gasteiger partial charge on any atom is 0.338 e. The number of nitrogens with zero attached hydrogens (tertiary/aromatic N) is 2. The molecule has 2 aromatic heterocycles. The fourth-order valence-electron chi connectivity index (χ4n) is 2.08. The largest absolute Gasteiger partial charge is 0.456 e. The van der Waals surface area contributed by atoms with E-state index in [4.69, 9.17) is 4.74 Å². The van der Waals surface area contributed by atoms with Crippen molar-refractivity contribution in [3.8, 4) is 0 Å². The number of imidazole rings is 1. The van der Waals surface area contributed by atoms with E-state index >= 15 is 0 Å². The summed E-state index contributed by atoms with van der Waals surface area (Å²) in [6, 6.07) is 11.3. The standard InChI is InChI=1S/C16H13IN2O2/c1-11-3-2-8-19-9-14(18-15(11)19)10-21-16(20)12-4-6-13(17)7-5-12/h2-9H,10H2,1H3. The van der Waals surface area contributed by atoms with E-state index in [-0.39, 0.29) is 12.6 Å². The number of hydrogen-bond acceptors (Lipinski definition) is 3. The van der Waals surface area contributed by atoms with E-state index < -0.39 is 0 Å². The lowest BCUT2D eigenvalue weighted by Gasteiger charge is -2.02. The molecule has 0 fully saturated rings. The number of hydrogen-bond donors (Lipinski definition) is 0. The first-order chi connectivity index (χ1) is 10.1. The van der Waals surface area contributed by atoms with Crippen LogP contribution in [0.5, 0.6) is 0 Å². The number of halogens is 1. The highest BCUT2D eigenvalue weighted by Crippen LogP contribution is 2.12. The quantitative estimate of drug-likeness (QED) is 0.506. The monoisotopic (exact) mass is 392 g/mol. The van der Waals surface area contributed by atoms with Gasteiger partial charge in [-0.15, -0.1) is 0 Å². The van der Waals surface area contributed by atoms with Crippen molar-refractivity contribution in [2.24, 2.45) is 0 Å². The highest BCUT2D eigenvalue weighted by atomic mass is 127. The summed E-state index contributed by atoms with van der Waals surface area (Å²) in [5.41, 5.74) is 3.27. The normalized spacial score (nSPS) is 10.8. The SMILES string of the molecule is Cc1cccn2cc(COC(=O)c3ccc(I)cc3)nc12. The van der Waals surface area contributed by atoms with Gasteiger partial charge in [0.2, 0.25) is 0 Å². The first kappa shape index (κ1) is 14.1. The van der Waals surface area contributed by atoms with Crippen LogP contribution in [-0.2, 0) is 11.3 Å². The van der Waals surface area contributed by atoms with Crippen LogP contribution in [0.4, 0.5) is 0 Å². The van der Waals surface area contributed by atoms with Gasteiger partial charge in [0.1, 0.15) is 12.3 Å². The number of esters is 1. The Morgan fingerprint density at radius 3 is 2.76 bits per heavy atom. The number of benzene rings is 1. The third-order valence-electron chi connectivity index (χ3n) is 3.16. The molecule has 0 N–H and O–H groups in total. The predicted molar refractivity (Wildman–Crippen MR) is 88.2 cm³/mol. The molecule has 0 aliphatic rings. The summed E-state index contributed by atoms with van der Waals surface area (Å²) in [5.74, 6) is -0.333. The summed E-state index contributed by atoms with van der Waals surface area (Å²) in [6.07, 6.45) is 3.81. The van der Waals surface area contributed by atoms with E-state index in [0.717, 1.165) is 20.5 Å². The van der Waals surface area contributed by atoms with E-state index in [2.05, 4.69) is 27.6 Å². The Balaban J connectivity index is 1.72. The zero-order chi connectivity index (χ0) is 14.8. The lowest BCUT2D eigenvalue weighted by atomic mass is 10.2. The van der Waals surface area contributed by atoms with Gasteiger partial charge in [0.25, 0.3) is 0 Å². The minimum atomic E-state index is -0.333. The molecule has 4 nitrogen and oxygen atoms in total. The van der Waals surface area contributed by atoms with Crippen LogP contribution in [0.2, 0.25) is 0 Å². The highest BCUT2D eigenvalue weighted by Gasteiger charge is 2.09. The van der Waals surface area contributed by atoms with Crippen LogP contribution in [0.3, 0.4) is 0 Å². The van der Waals surface area contributed by atoms with E-state index in [0.29, 0.717) is 5.56 Å². The summed E-state index contributed by atoms with van der Waals surface area (Å²) >= 11 is 2.20. The van der Waals surface area contributed by atoms with Gasteiger partial charge in [-0.2, -0.15) is 0 Å². The van der Waals surface area contributed by atoms with Gasteiger partial charge in [-0.05, 0) is 65.4 Å². The molecule has 0 saturated carbocycles. The minimum absolute atomic E-state index is 0.173. The predicted octanol–water partition coefficient (Wildman–Crippen LogP) is 3.60. The number of carbonyl (C=O) groups excluding carboxylic acids is 1. The van der Waals surface area contributed by atoms with Gasteiger partial charge < -0.3 is 9.14 Å². The van der Waals surface area contributed by atoms with Crippen molar-refractivity contribution in [2.75, 3.05) is 0 Å². The molecule has 0 amide bonds. The van der Waals surface area contributed by atoms with Gasteiger partial charge in [0, 0.05) is 16.0 Å². The number of carbonyl (C=O) groups is 1. The maximum absolute atomic E-state index is 12.0. The molecule has 5 heteroatoms. The van der Waals surface area contributed by atoms with Crippen molar-refractivity contribution >= 4 is 34.2 Å². The lowest BCUT2D eigenvalue weighted by molar-refractivity contribution is 0.0468. The van der Waals surface area contributed by atoms with Crippen molar-refractivity contribution in [1.82, 2.24) is 9.38 Å². The van der Waals surface area contributed by atoms with Crippen molar-refractivity contribution in [3.63, 3.8) is 0 Å². The molecule has 3 rings (SSSR count). The lowest BCUT2D eigenvalue weighted by Crippen LogP contribution is -2.05. The maximum atomic E-state index is 12.0. The Labute approximate surface area is 135 Å². The van der Waals surface area contributed by atoms with Crippen molar-refractivity contribution in [1.29, 1.82) is 0 Å². The van der Waals surface area contributed by atoms with Crippen LogP contribution in [0.1, 0.15) is 21.6 Å². The third-order valence-corrected chi connectivity index (χ3v) is 3.88. The topological polar surface area (TPSA) is 43.6 Å². The van der Waals surface area contributed by atoms with E-state index in [1.165, 1.54) is 0 Å². The molecule has 0 bridgehead atoms. The zero-order valence-electron chi connectivity index (χ0n) is 11.4. The summed E-state index contributed by atoms with van der Waals surface area (Å²) in [6.45, 7) is 2.18.